The van der Waals surface area contributed by atoms with Crippen LogP contribution in [0.15, 0.2) is 64.4 Å². The van der Waals surface area contributed by atoms with Gasteiger partial charge in [0.05, 0.1) is 27.8 Å². The van der Waals surface area contributed by atoms with Crippen LogP contribution in [0.25, 0.3) is 0 Å². The lowest BCUT2D eigenvalue weighted by Crippen LogP contribution is -2.44. The highest BCUT2D eigenvalue weighted by Gasteiger charge is 2.42. The Hall–Kier alpha value is -3.63. The molecule has 0 fully saturated rings. The third kappa shape index (κ3) is 3.84. The molecule has 34 heavy (non-hydrogen) atoms. The van der Waals surface area contributed by atoms with Crippen molar-refractivity contribution >= 4 is 52.1 Å². The van der Waals surface area contributed by atoms with Gasteiger partial charge in [0.2, 0.25) is 0 Å². The van der Waals surface area contributed by atoms with Crippen molar-refractivity contribution in [1.29, 1.82) is 0 Å². The van der Waals surface area contributed by atoms with Gasteiger partial charge in [-0.3, -0.25) is 19.3 Å². The summed E-state index contributed by atoms with van der Waals surface area (Å²) in [4.78, 5) is 53.8. The van der Waals surface area contributed by atoms with Crippen LogP contribution in [-0.2, 0) is 14.3 Å². The third-order valence-corrected chi connectivity index (χ3v) is 7.63. The topological polar surface area (TPSA) is 96.3 Å². The molecule has 2 aromatic heterocycles. The quantitative estimate of drug-likeness (QED) is 0.385. The van der Waals surface area contributed by atoms with Crippen molar-refractivity contribution in [3.63, 3.8) is 0 Å². The average Bonchev–Trinajstić information content (AvgIpc) is 3.64. The van der Waals surface area contributed by atoms with E-state index >= 15 is 0 Å². The van der Waals surface area contributed by atoms with Gasteiger partial charge in [-0.15, -0.1) is 22.7 Å². The molecule has 2 unspecified atom stereocenters. The van der Waals surface area contributed by atoms with E-state index in [0.29, 0.717) is 6.42 Å². The second kappa shape index (κ2) is 8.96. The number of esters is 1. The molecule has 2 aliphatic heterocycles. The van der Waals surface area contributed by atoms with Crippen LogP contribution in [0, 0.1) is 0 Å². The van der Waals surface area contributed by atoms with Gasteiger partial charge >= 0.3 is 5.97 Å². The fraction of sp³-hybridized carbons (Fsp3) is 0.208. The Labute approximate surface area is 203 Å². The van der Waals surface area contributed by atoms with E-state index in [2.05, 4.69) is 5.10 Å². The number of hydrogen-bond donors (Lipinski definition) is 0. The summed E-state index contributed by atoms with van der Waals surface area (Å²) in [7, 11) is 0. The zero-order valence-electron chi connectivity index (χ0n) is 18.0. The molecule has 8 nitrogen and oxygen atoms in total. The van der Waals surface area contributed by atoms with Crippen LogP contribution in [0.3, 0.4) is 0 Å². The molecule has 0 saturated carbocycles. The van der Waals surface area contributed by atoms with Crippen molar-refractivity contribution in [2.75, 3.05) is 6.61 Å². The minimum Gasteiger partial charge on any atom is -0.454 e. The number of benzene rings is 1. The minimum atomic E-state index is -1.17. The number of thiophene rings is 2. The fourth-order valence-corrected chi connectivity index (χ4v) is 5.55. The Morgan fingerprint density at radius 1 is 1.03 bits per heavy atom. The maximum absolute atomic E-state index is 13.0. The van der Waals surface area contributed by atoms with Gasteiger partial charge in [-0.1, -0.05) is 24.3 Å². The Morgan fingerprint density at radius 2 is 1.71 bits per heavy atom. The smallest absolute Gasteiger partial charge is 0.329 e. The largest absolute Gasteiger partial charge is 0.454 e. The van der Waals surface area contributed by atoms with Gasteiger partial charge in [-0.2, -0.15) is 5.10 Å². The van der Waals surface area contributed by atoms with E-state index in [-0.39, 0.29) is 17.2 Å². The summed E-state index contributed by atoms with van der Waals surface area (Å²) in [5.41, 5.74) is 1.29. The van der Waals surface area contributed by atoms with Gasteiger partial charge in [0.15, 0.2) is 6.61 Å². The summed E-state index contributed by atoms with van der Waals surface area (Å²) >= 11 is 3.07. The highest BCUT2D eigenvalue weighted by Crippen LogP contribution is 2.36. The highest BCUT2D eigenvalue weighted by atomic mass is 32.1. The van der Waals surface area contributed by atoms with Gasteiger partial charge in [0, 0.05) is 11.3 Å². The van der Waals surface area contributed by atoms with Crippen LogP contribution in [0.5, 0.6) is 0 Å². The van der Waals surface area contributed by atoms with Crippen molar-refractivity contribution in [3.8, 4) is 0 Å². The van der Waals surface area contributed by atoms with Crippen LogP contribution in [-0.4, -0.2) is 52.0 Å². The predicted octanol–water partition coefficient (Wildman–Crippen LogP) is 3.72. The first-order chi connectivity index (χ1) is 16.5. The zero-order chi connectivity index (χ0) is 23.8. The Balaban J connectivity index is 1.28. The van der Waals surface area contributed by atoms with Gasteiger partial charge in [0.1, 0.15) is 6.04 Å². The number of nitrogens with zero attached hydrogens (tertiary/aromatic N) is 3. The summed E-state index contributed by atoms with van der Waals surface area (Å²) in [6, 6.07) is 12.7. The Bertz CT molecular complexity index is 1260. The number of carbonyl (C=O) groups excluding carboxylic acids is 4. The number of rotatable bonds is 6. The number of carbonyl (C=O) groups is 4. The third-order valence-electron chi connectivity index (χ3n) is 5.73. The van der Waals surface area contributed by atoms with Gasteiger partial charge < -0.3 is 4.74 Å². The lowest BCUT2D eigenvalue weighted by atomic mass is 10.1. The maximum Gasteiger partial charge on any atom is 0.329 e. The van der Waals surface area contributed by atoms with Crippen molar-refractivity contribution in [3.05, 3.63) is 80.2 Å². The summed E-state index contributed by atoms with van der Waals surface area (Å²) in [6.07, 6.45) is 0.562. The van der Waals surface area contributed by atoms with E-state index in [4.69, 9.17) is 4.74 Å². The number of fused-ring (bicyclic) bond motifs is 1. The maximum atomic E-state index is 13.0. The molecule has 0 radical (unpaired) electrons. The standard InChI is InChI=1S/C24H19N3O5S2/c1-14(26-22(29)15-6-2-3-7-16(15)23(26)30)24(31)32-13-21(28)27-18(20-9-5-11-34-20)12-17(25-27)19-8-4-10-33-19/h2-11,14,18H,12-13H2,1H3. The molecular formula is C24H19N3O5S2. The molecule has 10 heteroatoms. The van der Waals surface area contributed by atoms with E-state index in [1.807, 2.05) is 35.0 Å². The van der Waals surface area contributed by atoms with Crippen molar-refractivity contribution in [1.82, 2.24) is 9.91 Å². The molecule has 3 amide bonds. The number of hydrazone groups is 1. The molecule has 5 rings (SSSR count). The summed E-state index contributed by atoms with van der Waals surface area (Å²) in [6.45, 7) is 0.862. The first-order valence-corrected chi connectivity index (χ1v) is 12.3. The van der Waals surface area contributed by atoms with Crippen molar-refractivity contribution in [2.24, 2.45) is 5.10 Å². The van der Waals surface area contributed by atoms with E-state index < -0.39 is 36.3 Å². The lowest BCUT2D eigenvalue weighted by Gasteiger charge is -2.23. The average molecular weight is 494 g/mol. The lowest BCUT2D eigenvalue weighted by molar-refractivity contribution is -0.155. The first-order valence-electron chi connectivity index (χ1n) is 10.6. The van der Waals surface area contributed by atoms with Crippen LogP contribution in [0.2, 0.25) is 0 Å². The highest BCUT2D eigenvalue weighted by molar-refractivity contribution is 7.12. The second-order valence-corrected chi connectivity index (χ2v) is 9.73. The fourth-order valence-electron chi connectivity index (χ4n) is 4.02. The molecule has 0 N–H and O–H groups in total. The van der Waals surface area contributed by atoms with Crippen LogP contribution < -0.4 is 0 Å². The van der Waals surface area contributed by atoms with Gasteiger partial charge in [-0.25, -0.2) is 9.80 Å². The molecule has 0 spiro atoms. The van der Waals surface area contributed by atoms with Gasteiger partial charge in [0.25, 0.3) is 17.7 Å². The molecule has 2 atom stereocenters. The SMILES string of the molecule is CC(C(=O)OCC(=O)N1N=C(c2cccs2)CC1c1cccs1)N1C(=O)c2ccccc2C1=O. The Kier molecular flexibility index (Phi) is 5.84. The van der Waals surface area contributed by atoms with Gasteiger partial charge in [-0.05, 0) is 41.9 Å². The van der Waals surface area contributed by atoms with Crippen LogP contribution >= 0.6 is 22.7 Å². The molecule has 0 bridgehead atoms. The molecule has 4 heterocycles. The first kappa shape index (κ1) is 22.2. The van der Waals surface area contributed by atoms with E-state index in [1.54, 1.807) is 35.6 Å². The molecule has 1 aromatic carbocycles. The summed E-state index contributed by atoms with van der Waals surface area (Å²) in [5, 5.41) is 9.77. The second-order valence-electron chi connectivity index (χ2n) is 7.81. The number of imide groups is 1. The number of amides is 3. The minimum absolute atomic E-state index is 0.245. The Morgan fingerprint density at radius 3 is 2.32 bits per heavy atom. The normalized spacial score (nSPS) is 18.1. The van der Waals surface area contributed by atoms with E-state index in [9.17, 15) is 19.2 Å². The molecule has 0 saturated heterocycles. The van der Waals surface area contributed by atoms with E-state index in [0.717, 1.165) is 20.4 Å². The molecule has 172 valence electrons. The molecule has 0 aliphatic carbocycles. The van der Waals surface area contributed by atoms with E-state index in [1.165, 1.54) is 23.3 Å². The molecule has 2 aliphatic rings. The summed E-state index contributed by atoms with van der Waals surface area (Å²) in [5.74, 6) is -2.43. The summed E-state index contributed by atoms with van der Waals surface area (Å²) < 4.78 is 5.24. The van der Waals surface area contributed by atoms with Crippen LogP contribution in [0.4, 0.5) is 0 Å². The number of hydrogen-bond acceptors (Lipinski definition) is 8. The van der Waals surface area contributed by atoms with Crippen molar-refractivity contribution in [2.45, 2.75) is 25.4 Å². The predicted molar refractivity (Wildman–Crippen MR) is 127 cm³/mol. The molecule has 3 aromatic rings. The number of ether oxygens (including phenoxy) is 1. The zero-order valence-corrected chi connectivity index (χ0v) is 19.7. The van der Waals surface area contributed by atoms with Crippen molar-refractivity contribution < 1.29 is 23.9 Å². The molecular weight excluding hydrogens is 474 g/mol. The van der Waals surface area contributed by atoms with Crippen LogP contribution in [0.1, 0.15) is 49.9 Å². The monoisotopic (exact) mass is 493 g/mol.